The first-order chi connectivity index (χ1) is 6.70. The molecule has 1 aromatic rings. The van der Waals surface area contributed by atoms with Gasteiger partial charge in [-0.15, -0.1) is 0 Å². The maximum absolute atomic E-state index is 13.4. The number of benzene rings is 1. The third-order valence-corrected chi connectivity index (χ3v) is 2.06. The lowest BCUT2D eigenvalue weighted by molar-refractivity contribution is 0.280. The molecule has 1 rings (SSSR count). The molecule has 1 aromatic carbocycles. The second-order valence-corrected chi connectivity index (χ2v) is 3.05. The van der Waals surface area contributed by atoms with Crippen LogP contribution in [0.4, 0.5) is 10.1 Å². The average molecular weight is 199 g/mol. The fourth-order valence-electron chi connectivity index (χ4n) is 1.38. The Kier molecular flexibility index (Phi) is 3.85. The van der Waals surface area contributed by atoms with Gasteiger partial charge in [0.2, 0.25) is 0 Å². The van der Waals surface area contributed by atoms with Crippen LogP contribution in [0.3, 0.4) is 0 Å². The molecule has 4 heteroatoms. The summed E-state index contributed by atoms with van der Waals surface area (Å²) in [4.78, 5) is 1.58. The summed E-state index contributed by atoms with van der Waals surface area (Å²) in [6, 6.07) is 4.55. The molecule has 0 aromatic heterocycles. The molecule has 0 saturated heterocycles. The van der Waals surface area contributed by atoms with Gasteiger partial charge in [-0.3, -0.25) is 0 Å². The van der Waals surface area contributed by atoms with Crippen molar-refractivity contribution < 1.29 is 14.6 Å². The molecule has 0 aliphatic carbocycles. The van der Waals surface area contributed by atoms with Gasteiger partial charge in [-0.2, -0.15) is 0 Å². The number of anilines is 1. The topological polar surface area (TPSA) is 43.7 Å². The van der Waals surface area contributed by atoms with E-state index in [0.29, 0.717) is 17.8 Å². The summed E-state index contributed by atoms with van der Waals surface area (Å²) in [6.45, 7) is 0.0898. The van der Waals surface area contributed by atoms with Gasteiger partial charge in [-0.05, 0) is 6.07 Å². The fraction of sp³-hybridized carbons (Fsp3) is 0.400. The molecule has 0 aliphatic heterocycles. The number of hydrogen-bond acceptors (Lipinski definition) is 3. The lowest BCUT2D eigenvalue weighted by atomic mass is 10.1. The minimum absolute atomic E-state index is 0.0459. The molecule has 0 aliphatic rings. The standard InChI is InChI=1S/C10H14FNO2/c1-12(5-6-13)10-8(7-14)3-2-4-9(10)11/h2-4,13-14H,5-7H2,1H3. The van der Waals surface area contributed by atoms with Crippen LogP contribution in [0, 0.1) is 5.82 Å². The van der Waals surface area contributed by atoms with Crippen LogP contribution < -0.4 is 4.90 Å². The number of para-hydroxylation sites is 1. The van der Waals surface area contributed by atoms with Crippen molar-refractivity contribution in [3.8, 4) is 0 Å². The highest BCUT2D eigenvalue weighted by molar-refractivity contribution is 5.54. The molecule has 0 radical (unpaired) electrons. The predicted octanol–water partition coefficient (Wildman–Crippen LogP) is 0.746. The molecule has 0 bridgehead atoms. The highest BCUT2D eigenvalue weighted by atomic mass is 19.1. The molecule has 14 heavy (non-hydrogen) atoms. The number of halogens is 1. The van der Waals surface area contributed by atoms with Crippen LogP contribution in [0.15, 0.2) is 18.2 Å². The van der Waals surface area contributed by atoms with Crippen molar-refractivity contribution in [1.82, 2.24) is 0 Å². The van der Waals surface area contributed by atoms with Gasteiger partial charge in [0.1, 0.15) is 5.82 Å². The first-order valence-corrected chi connectivity index (χ1v) is 4.41. The van der Waals surface area contributed by atoms with E-state index >= 15 is 0 Å². The largest absolute Gasteiger partial charge is 0.395 e. The summed E-state index contributed by atoms with van der Waals surface area (Å²) >= 11 is 0. The molecule has 0 saturated carbocycles. The van der Waals surface area contributed by atoms with E-state index in [9.17, 15) is 4.39 Å². The van der Waals surface area contributed by atoms with Gasteiger partial charge in [0.05, 0.1) is 18.9 Å². The van der Waals surface area contributed by atoms with E-state index in [4.69, 9.17) is 10.2 Å². The molecule has 0 fully saturated rings. The van der Waals surface area contributed by atoms with Crippen LogP contribution in [0.1, 0.15) is 5.56 Å². The molecule has 0 unspecified atom stereocenters. The van der Waals surface area contributed by atoms with Crippen LogP contribution in [0.5, 0.6) is 0 Å². The van der Waals surface area contributed by atoms with Gasteiger partial charge in [0.15, 0.2) is 0 Å². The first-order valence-electron chi connectivity index (χ1n) is 4.41. The van der Waals surface area contributed by atoms with E-state index in [-0.39, 0.29) is 19.0 Å². The Hall–Kier alpha value is -1.13. The minimum atomic E-state index is -0.382. The number of aliphatic hydroxyl groups excluding tert-OH is 2. The van der Waals surface area contributed by atoms with Crippen molar-refractivity contribution in [3.05, 3.63) is 29.6 Å². The zero-order valence-corrected chi connectivity index (χ0v) is 8.07. The Morgan fingerprint density at radius 1 is 1.36 bits per heavy atom. The van der Waals surface area contributed by atoms with Crippen LogP contribution in [-0.2, 0) is 6.61 Å². The van der Waals surface area contributed by atoms with Gasteiger partial charge in [-0.25, -0.2) is 4.39 Å². The Bertz CT molecular complexity index is 304. The van der Waals surface area contributed by atoms with Gasteiger partial charge in [0.25, 0.3) is 0 Å². The number of rotatable bonds is 4. The van der Waals surface area contributed by atoms with Crippen LogP contribution >= 0.6 is 0 Å². The Labute approximate surface area is 82.4 Å². The summed E-state index contributed by atoms with van der Waals surface area (Å²) in [5.74, 6) is -0.382. The summed E-state index contributed by atoms with van der Waals surface area (Å²) in [5, 5.41) is 17.7. The van der Waals surface area contributed by atoms with E-state index in [1.165, 1.54) is 6.07 Å². The monoisotopic (exact) mass is 199 g/mol. The number of hydrogen-bond donors (Lipinski definition) is 2. The van der Waals surface area contributed by atoms with Crippen molar-refractivity contribution >= 4 is 5.69 Å². The van der Waals surface area contributed by atoms with Crippen LogP contribution in [0.25, 0.3) is 0 Å². The lowest BCUT2D eigenvalue weighted by Crippen LogP contribution is -2.23. The molecule has 2 N–H and O–H groups in total. The number of aliphatic hydroxyl groups is 2. The normalized spacial score (nSPS) is 10.3. The zero-order chi connectivity index (χ0) is 10.6. The predicted molar refractivity (Wildman–Crippen MR) is 52.7 cm³/mol. The van der Waals surface area contributed by atoms with Gasteiger partial charge >= 0.3 is 0 Å². The van der Waals surface area contributed by atoms with E-state index in [0.717, 1.165) is 0 Å². The summed E-state index contributed by atoms with van der Waals surface area (Å²) < 4.78 is 13.4. The van der Waals surface area contributed by atoms with Crippen molar-refractivity contribution in [2.45, 2.75) is 6.61 Å². The van der Waals surface area contributed by atoms with Gasteiger partial charge in [-0.1, -0.05) is 12.1 Å². The molecule has 3 nitrogen and oxygen atoms in total. The first kappa shape index (κ1) is 10.9. The van der Waals surface area contributed by atoms with E-state index in [2.05, 4.69) is 0 Å². The Morgan fingerprint density at radius 2 is 2.07 bits per heavy atom. The van der Waals surface area contributed by atoms with Crippen LogP contribution in [0.2, 0.25) is 0 Å². The lowest BCUT2D eigenvalue weighted by Gasteiger charge is -2.21. The Morgan fingerprint density at radius 3 is 2.64 bits per heavy atom. The maximum Gasteiger partial charge on any atom is 0.146 e. The molecule has 0 atom stereocenters. The third kappa shape index (κ3) is 2.21. The van der Waals surface area contributed by atoms with Gasteiger partial charge < -0.3 is 15.1 Å². The highest BCUT2D eigenvalue weighted by Crippen LogP contribution is 2.23. The summed E-state index contributed by atoms with van der Waals surface area (Å²) in [5.41, 5.74) is 0.880. The summed E-state index contributed by atoms with van der Waals surface area (Å²) in [6.07, 6.45) is 0. The van der Waals surface area contributed by atoms with E-state index < -0.39 is 0 Å². The van der Waals surface area contributed by atoms with Crippen molar-refractivity contribution in [3.63, 3.8) is 0 Å². The molecule has 0 amide bonds. The Balaban J connectivity index is 3.03. The molecular weight excluding hydrogens is 185 g/mol. The van der Waals surface area contributed by atoms with Crippen molar-refractivity contribution in [2.75, 3.05) is 25.1 Å². The minimum Gasteiger partial charge on any atom is -0.395 e. The van der Waals surface area contributed by atoms with Crippen molar-refractivity contribution in [1.29, 1.82) is 0 Å². The van der Waals surface area contributed by atoms with E-state index in [1.807, 2.05) is 0 Å². The quantitative estimate of drug-likeness (QED) is 0.752. The van der Waals surface area contributed by atoms with Gasteiger partial charge in [0, 0.05) is 19.2 Å². The molecule has 78 valence electrons. The second kappa shape index (κ2) is 4.93. The fourth-order valence-corrected chi connectivity index (χ4v) is 1.38. The van der Waals surface area contributed by atoms with E-state index in [1.54, 1.807) is 24.1 Å². The zero-order valence-electron chi connectivity index (χ0n) is 8.07. The molecule has 0 spiro atoms. The molecule has 0 heterocycles. The van der Waals surface area contributed by atoms with Crippen molar-refractivity contribution in [2.24, 2.45) is 0 Å². The highest BCUT2D eigenvalue weighted by Gasteiger charge is 2.11. The smallest absolute Gasteiger partial charge is 0.146 e. The third-order valence-electron chi connectivity index (χ3n) is 2.06. The average Bonchev–Trinajstić information content (AvgIpc) is 2.17. The SMILES string of the molecule is CN(CCO)c1c(F)cccc1CO. The number of likely N-dealkylation sites (N-methyl/N-ethyl adjacent to an activating group) is 1. The second-order valence-electron chi connectivity index (χ2n) is 3.05. The number of nitrogens with zero attached hydrogens (tertiary/aromatic N) is 1. The van der Waals surface area contributed by atoms with Crippen LogP contribution in [-0.4, -0.2) is 30.4 Å². The summed E-state index contributed by atoms with van der Waals surface area (Å²) in [7, 11) is 1.67. The molecular formula is C10H14FNO2. The maximum atomic E-state index is 13.4.